The third-order valence-electron chi connectivity index (χ3n) is 7.03. The molecule has 4 heterocycles. The van der Waals surface area contributed by atoms with E-state index in [1.807, 2.05) is 94.6 Å². The smallest absolute Gasteiger partial charge is 0 e. The first-order valence-electron chi connectivity index (χ1n) is 17.5. The number of pyridine rings is 3. The molecule has 0 spiro atoms. The van der Waals surface area contributed by atoms with E-state index in [0.717, 1.165) is 53.5 Å². The Morgan fingerprint density at radius 3 is 2.43 bits per heavy atom. The van der Waals surface area contributed by atoms with E-state index in [9.17, 15) is 0 Å². The molecule has 0 N–H and O–H groups in total. The maximum absolute atomic E-state index is 8.56. The molecule has 0 saturated heterocycles. The molecule has 0 saturated carbocycles. The second kappa shape index (κ2) is 14.6. The molecular weight excluding hydrogens is 795 g/mol. The molecule has 6 heteroatoms. The van der Waals surface area contributed by atoms with Gasteiger partial charge in [-0.25, -0.2) is 4.98 Å². The number of benzene rings is 2. The third-order valence-corrected chi connectivity index (χ3v) is 12.4. The largest absolute Gasteiger partial charge is 0 e. The van der Waals surface area contributed by atoms with E-state index in [-0.39, 0.29) is 31.7 Å². The summed E-state index contributed by atoms with van der Waals surface area (Å²) >= 11 is -0.755. The summed E-state index contributed by atoms with van der Waals surface area (Å²) in [7, 11) is 0. The fraction of sp³-hybridized carbons (Fsp3) is 0.289. The molecule has 0 aliphatic heterocycles. The van der Waals surface area contributed by atoms with Crippen LogP contribution in [0.1, 0.15) is 58.6 Å². The van der Waals surface area contributed by atoms with Gasteiger partial charge in [0.15, 0.2) is 0 Å². The van der Waals surface area contributed by atoms with Gasteiger partial charge in [0.25, 0.3) is 0 Å². The Hall–Kier alpha value is -2.70. The maximum atomic E-state index is 8.56. The summed E-state index contributed by atoms with van der Waals surface area (Å²) in [5.74, 6) is 6.05. The van der Waals surface area contributed by atoms with Gasteiger partial charge >= 0.3 is 128 Å². The van der Waals surface area contributed by atoms with Crippen LogP contribution in [0.3, 0.4) is 0 Å². The summed E-state index contributed by atoms with van der Waals surface area (Å²) in [5.41, 5.74) is 5.10. The summed E-state index contributed by atoms with van der Waals surface area (Å²) in [5, 5.41) is 1.93. The van der Waals surface area contributed by atoms with Crippen molar-refractivity contribution in [2.24, 2.45) is 5.92 Å². The number of aryl methyl sites for hydroxylation is 1. The average molecular weight is 843 g/mol. The second-order valence-electron chi connectivity index (χ2n) is 12.1. The molecule has 0 aliphatic carbocycles. The van der Waals surface area contributed by atoms with Crippen LogP contribution in [0, 0.1) is 24.9 Å². The van der Waals surface area contributed by atoms with E-state index >= 15 is 0 Å². The minimum atomic E-state index is -2.23. The van der Waals surface area contributed by atoms with Crippen LogP contribution in [0.5, 0.6) is 0 Å². The number of aromatic nitrogens is 3. The van der Waals surface area contributed by atoms with Crippen LogP contribution >= 0.6 is 11.3 Å². The molecule has 0 fully saturated rings. The maximum Gasteiger partial charge on any atom is 0 e. The van der Waals surface area contributed by atoms with Crippen LogP contribution in [0.15, 0.2) is 79.1 Å². The van der Waals surface area contributed by atoms with Crippen molar-refractivity contribution in [3.05, 3.63) is 108 Å². The summed E-state index contributed by atoms with van der Waals surface area (Å²) in [6.45, 7) is 5.34. The van der Waals surface area contributed by atoms with E-state index in [4.69, 9.17) is 8.22 Å². The number of nitrogens with zero attached hydrogens (tertiary/aromatic N) is 3. The summed E-state index contributed by atoms with van der Waals surface area (Å²) in [6.07, 6.45) is 2.28. The molecule has 0 unspecified atom stereocenters. The molecule has 3 nitrogen and oxygen atoms in total. The Morgan fingerprint density at radius 2 is 1.75 bits per heavy atom. The van der Waals surface area contributed by atoms with Gasteiger partial charge in [0, 0.05) is 37.5 Å². The molecule has 0 atom stereocenters. The van der Waals surface area contributed by atoms with Crippen molar-refractivity contribution in [3.63, 3.8) is 0 Å². The Kier molecular flexibility index (Phi) is 8.80. The molecule has 2 aromatic carbocycles. The van der Waals surface area contributed by atoms with E-state index in [0.29, 0.717) is 4.83 Å². The zero-order chi connectivity index (χ0) is 35.9. The van der Waals surface area contributed by atoms with Crippen LogP contribution in [0.4, 0.5) is 0 Å². The molecule has 0 bridgehead atoms. The molecule has 0 amide bonds. The van der Waals surface area contributed by atoms with Gasteiger partial charge in [-0.3, -0.25) is 0 Å². The van der Waals surface area contributed by atoms with Crippen molar-refractivity contribution >= 4 is 49.3 Å². The third kappa shape index (κ3) is 7.92. The van der Waals surface area contributed by atoms with E-state index in [1.54, 1.807) is 12.3 Å². The summed E-state index contributed by atoms with van der Waals surface area (Å²) in [6, 6.07) is 27.1. The van der Waals surface area contributed by atoms with Gasteiger partial charge in [-0.15, -0.1) is 23.8 Å². The number of rotatable bonds is 6. The van der Waals surface area contributed by atoms with Crippen LogP contribution in [-0.4, -0.2) is 28.2 Å². The molecule has 1 radical (unpaired) electrons. The Balaban J connectivity index is 0.000000225. The summed E-state index contributed by atoms with van der Waals surface area (Å²) in [4.78, 5) is 14.1. The molecule has 229 valence electrons. The first-order chi connectivity index (χ1) is 22.8. The summed E-state index contributed by atoms with van der Waals surface area (Å²) < 4.78 is 50.3. The fourth-order valence-electron chi connectivity index (χ4n) is 4.87. The predicted molar refractivity (Wildman–Crippen MR) is 188 cm³/mol. The van der Waals surface area contributed by atoms with Crippen molar-refractivity contribution in [2.75, 3.05) is 0 Å². The Morgan fingerprint density at radius 1 is 0.932 bits per heavy atom. The predicted octanol–water partition coefficient (Wildman–Crippen LogP) is 10.0. The molecule has 4 aromatic heterocycles. The van der Waals surface area contributed by atoms with Crippen molar-refractivity contribution in [1.82, 2.24) is 15.0 Å². The fourth-order valence-corrected chi connectivity index (χ4v) is 9.00. The molecular formula is C38H41GeIrN3S-2. The van der Waals surface area contributed by atoms with Gasteiger partial charge in [0.05, 0.1) is 0 Å². The van der Waals surface area contributed by atoms with Crippen LogP contribution in [0.2, 0.25) is 17.3 Å². The normalized spacial score (nSPS) is 14.4. The van der Waals surface area contributed by atoms with Gasteiger partial charge < -0.3 is 4.98 Å². The minimum Gasteiger partial charge on any atom is 0 e. The number of fused-ring (bicyclic) bond motifs is 3. The van der Waals surface area contributed by atoms with Gasteiger partial charge in [-0.2, -0.15) is 11.3 Å². The molecule has 44 heavy (non-hydrogen) atoms. The van der Waals surface area contributed by atoms with Crippen LogP contribution < -0.4 is 4.40 Å². The van der Waals surface area contributed by atoms with E-state index < -0.39 is 32.4 Å². The quantitative estimate of drug-likeness (QED) is 0.124. The first-order valence-corrected chi connectivity index (χ1v) is 22.6. The zero-order valence-electron chi connectivity index (χ0n) is 32.2. The minimum absolute atomic E-state index is 0. The topological polar surface area (TPSA) is 38.7 Å². The van der Waals surface area contributed by atoms with Crippen LogP contribution in [0.25, 0.3) is 42.8 Å². The molecule has 0 aliphatic rings. The zero-order valence-corrected chi connectivity index (χ0v) is 31.5. The number of thiophene rings is 1. The van der Waals surface area contributed by atoms with Crippen molar-refractivity contribution in [1.29, 1.82) is 0 Å². The van der Waals surface area contributed by atoms with Crippen molar-refractivity contribution < 1.29 is 28.3 Å². The Labute approximate surface area is 291 Å². The van der Waals surface area contributed by atoms with Crippen LogP contribution in [-0.2, 0) is 26.5 Å². The van der Waals surface area contributed by atoms with Crippen molar-refractivity contribution in [3.8, 4) is 22.5 Å². The number of hydrogen-bond acceptors (Lipinski definition) is 4. The Bertz CT molecular complexity index is 2100. The van der Waals surface area contributed by atoms with Crippen molar-refractivity contribution in [2.45, 2.75) is 64.1 Å². The molecule has 6 aromatic rings. The van der Waals surface area contributed by atoms with Gasteiger partial charge in [-0.1, -0.05) is 36.9 Å². The number of hydrogen-bond donors (Lipinski definition) is 0. The van der Waals surface area contributed by atoms with Gasteiger partial charge in [0.1, 0.15) is 4.83 Å². The van der Waals surface area contributed by atoms with Gasteiger partial charge in [0.2, 0.25) is 0 Å². The average Bonchev–Trinajstić information content (AvgIpc) is 3.42. The van der Waals surface area contributed by atoms with E-state index in [1.165, 1.54) is 11.3 Å². The standard InChI is InChI=1S/C20H17N2S.C18H24GeN.Ir/c1-12(2)14-9-10-21-18(11-14)17-6-4-5-15-16-8-7-13(3)22-20(16)23-19(15)17;1-14(2)11-16-12-18(15-9-7-6-8-10-15)20-13-17(16)19(3,4)5;/h4-5,7-12H,1-3H3;6-9,12-14H,11H2,1-5H3;/q2*-1;/i3D3,12D;11D2;. The monoisotopic (exact) mass is 844 g/mol. The second-order valence-corrected chi connectivity index (χ2v) is 23.7. The molecule has 6 rings (SSSR count). The first kappa shape index (κ1) is 26.5. The SMILES string of the molecule is [2H]C([2H])([2H])c1ccc2c(n1)sc1c(-c3cc(C([2H])(C)C)ccn3)[c-]ccc12.[2H]C([2H])(c1cc(-c2[c-]cccc2)nc[c]1[Ge]([CH3])([CH3])[CH3])C(C)C.[Ir]. The van der Waals surface area contributed by atoms with E-state index in [2.05, 4.69) is 44.4 Å². The van der Waals surface area contributed by atoms with Gasteiger partial charge in [-0.05, 0) is 40.7 Å².